The minimum atomic E-state index is -0.439. The molecular formula is C14H28N2O3. The summed E-state index contributed by atoms with van der Waals surface area (Å²) in [7, 11) is 0. The summed E-state index contributed by atoms with van der Waals surface area (Å²) in [6.45, 7) is 12.4. The average Bonchev–Trinajstić information content (AvgIpc) is 2.30. The zero-order chi connectivity index (χ0) is 14.7. The van der Waals surface area contributed by atoms with Gasteiger partial charge in [0, 0.05) is 23.9 Å². The number of aliphatic hydroxyl groups excluding tert-OH is 1. The van der Waals surface area contributed by atoms with E-state index in [0.29, 0.717) is 26.3 Å². The Bertz CT molecular complexity index is 312. The van der Waals surface area contributed by atoms with Crippen LogP contribution in [-0.2, 0) is 4.74 Å². The maximum atomic E-state index is 11.7. The van der Waals surface area contributed by atoms with Gasteiger partial charge in [0.25, 0.3) is 0 Å². The van der Waals surface area contributed by atoms with Crippen molar-refractivity contribution in [2.24, 2.45) is 16.7 Å². The molecule has 1 aliphatic heterocycles. The van der Waals surface area contributed by atoms with E-state index >= 15 is 0 Å². The molecule has 1 rings (SSSR count). The summed E-state index contributed by atoms with van der Waals surface area (Å²) in [6, 6.07) is -0.183. The predicted molar refractivity (Wildman–Crippen MR) is 75.0 cm³/mol. The van der Waals surface area contributed by atoms with Crippen LogP contribution in [0.4, 0.5) is 4.79 Å². The first-order valence-electron chi connectivity index (χ1n) is 6.94. The highest BCUT2D eigenvalue weighted by Crippen LogP contribution is 2.26. The minimum absolute atomic E-state index is 0.0737. The van der Waals surface area contributed by atoms with Crippen LogP contribution in [0.2, 0.25) is 0 Å². The summed E-state index contributed by atoms with van der Waals surface area (Å²) >= 11 is 0. The van der Waals surface area contributed by atoms with Gasteiger partial charge in [-0.15, -0.1) is 0 Å². The van der Waals surface area contributed by atoms with Gasteiger partial charge in [-0.25, -0.2) is 4.79 Å². The van der Waals surface area contributed by atoms with E-state index in [0.717, 1.165) is 0 Å². The summed E-state index contributed by atoms with van der Waals surface area (Å²) in [6.07, 6.45) is -0.439. The van der Waals surface area contributed by atoms with Gasteiger partial charge in [-0.2, -0.15) is 0 Å². The van der Waals surface area contributed by atoms with Crippen molar-refractivity contribution in [3.05, 3.63) is 0 Å². The Balaban J connectivity index is 2.29. The molecule has 1 atom stereocenters. The van der Waals surface area contributed by atoms with Gasteiger partial charge in [-0.1, -0.05) is 34.6 Å². The van der Waals surface area contributed by atoms with Crippen LogP contribution < -0.4 is 10.6 Å². The van der Waals surface area contributed by atoms with Gasteiger partial charge >= 0.3 is 6.03 Å². The fourth-order valence-corrected chi connectivity index (χ4v) is 2.22. The van der Waals surface area contributed by atoms with Crippen LogP contribution in [0.25, 0.3) is 0 Å². The maximum absolute atomic E-state index is 11.7. The lowest BCUT2D eigenvalue weighted by Gasteiger charge is -2.38. The van der Waals surface area contributed by atoms with E-state index in [1.54, 1.807) is 0 Å². The predicted octanol–water partition coefficient (Wildman–Crippen LogP) is 1.37. The Morgan fingerprint density at radius 1 is 1.37 bits per heavy atom. The van der Waals surface area contributed by atoms with Crippen molar-refractivity contribution in [1.29, 1.82) is 0 Å². The van der Waals surface area contributed by atoms with Crippen molar-refractivity contribution in [3.63, 3.8) is 0 Å². The summed E-state index contributed by atoms with van der Waals surface area (Å²) in [5.74, 6) is 0.172. The molecule has 2 amide bonds. The number of carbonyl (C=O) groups excluding carboxylic acids is 1. The van der Waals surface area contributed by atoms with E-state index < -0.39 is 6.10 Å². The number of nitrogens with one attached hydrogen (secondary N) is 2. The number of urea groups is 1. The first-order valence-corrected chi connectivity index (χ1v) is 6.94. The number of rotatable bonds is 6. The molecule has 0 spiro atoms. The average molecular weight is 272 g/mol. The largest absolute Gasteiger partial charge is 0.392 e. The van der Waals surface area contributed by atoms with E-state index in [4.69, 9.17) is 4.74 Å². The van der Waals surface area contributed by atoms with Crippen LogP contribution in [0.3, 0.4) is 0 Å². The lowest BCUT2D eigenvalue weighted by atomic mass is 9.81. The number of hydrogen-bond acceptors (Lipinski definition) is 3. The fraction of sp³-hybridized carbons (Fsp3) is 0.929. The van der Waals surface area contributed by atoms with Crippen LogP contribution in [0, 0.1) is 16.7 Å². The van der Waals surface area contributed by atoms with Crippen molar-refractivity contribution in [2.75, 3.05) is 26.3 Å². The van der Waals surface area contributed by atoms with Crippen LogP contribution in [0.1, 0.15) is 34.6 Å². The third-order valence-electron chi connectivity index (χ3n) is 3.71. The molecule has 19 heavy (non-hydrogen) atoms. The van der Waals surface area contributed by atoms with Gasteiger partial charge in [0.2, 0.25) is 0 Å². The molecule has 112 valence electrons. The van der Waals surface area contributed by atoms with Crippen LogP contribution in [-0.4, -0.2) is 43.5 Å². The minimum Gasteiger partial charge on any atom is -0.392 e. The van der Waals surface area contributed by atoms with Gasteiger partial charge in [-0.3, -0.25) is 0 Å². The zero-order valence-corrected chi connectivity index (χ0v) is 12.7. The third-order valence-corrected chi connectivity index (χ3v) is 3.71. The highest BCUT2D eigenvalue weighted by molar-refractivity contribution is 5.73. The number of ether oxygens (including phenoxy) is 1. The topological polar surface area (TPSA) is 70.6 Å². The summed E-state index contributed by atoms with van der Waals surface area (Å²) in [5.41, 5.74) is -0.265. The highest BCUT2D eigenvalue weighted by atomic mass is 16.5. The third kappa shape index (κ3) is 4.66. The van der Waals surface area contributed by atoms with Gasteiger partial charge in [-0.05, 0) is 5.92 Å². The van der Waals surface area contributed by atoms with E-state index in [2.05, 4.69) is 17.6 Å². The molecule has 1 aliphatic rings. The fourth-order valence-electron chi connectivity index (χ4n) is 2.22. The Morgan fingerprint density at radius 2 is 1.95 bits per heavy atom. The summed E-state index contributed by atoms with van der Waals surface area (Å²) in [5, 5.41) is 15.8. The molecule has 0 aromatic carbocycles. The first kappa shape index (κ1) is 16.2. The summed E-state index contributed by atoms with van der Waals surface area (Å²) in [4.78, 5) is 11.7. The van der Waals surface area contributed by atoms with E-state index in [1.807, 2.05) is 27.7 Å². The molecule has 1 heterocycles. The van der Waals surface area contributed by atoms with Crippen LogP contribution >= 0.6 is 0 Å². The molecule has 1 unspecified atom stereocenters. The second-order valence-corrected chi connectivity index (χ2v) is 7.02. The molecule has 1 fully saturated rings. The quantitative estimate of drug-likeness (QED) is 0.684. The van der Waals surface area contributed by atoms with Crippen LogP contribution in [0.15, 0.2) is 0 Å². The number of carbonyl (C=O) groups is 1. The molecule has 0 aromatic heterocycles. The molecule has 0 bridgehead atoms. The maximum Gasteiger partial charge on any atom is 0.314 e. The molecule has 0 radical (unpaired) electrons. The summed E-state index contributed by atoms with van der Waals surface area (Å²) < 4.78 is 5.14. The normalized spacial score (nSPS) is 19.7. The van der Waals surface area contributed by atoms with Crippen molar-refractivity contribution < 1.29 is 14.6 Å². The Kier molecular flexibility index (Phi) is 5.21. The Labute approximate surface area is 116 Å². The second-order valence-electron chi connectivity index (χ2n) is 7.02. The standard InChI is InChI=1S/C14H28N2O3/c1-10(2)11(17)13(3,4)6-15-12(18)16-7-14(5)8-19-9-14/h10-11,17H,6-9H2,1-5H3,(H2,15,16,18). The molecule has 5 heteroatoms. The lowest BCUT2D eigenvalue weighted by molar-refractivity contribution is -0.0975. The van der Waals surface area contributed by atoms with Crippen LogP contribution in [0.5, 0.6) is 0 Å². The first-order chi connectivity index (χ1) is 8.66. The van der Waals surface area contributed by atoms with Crippen molar-refractivity contribution in [1.82, 2.24) is 10.6 Å². The molecule has 3 N–H and O–H groups in total. The van der Waals surface area contributed by atoms with Gasteiger partial charge in [0.15, 0.2) is 0 Å². The molecule has 1 saturated heterocycles. The zero-order valence-electron chi connectivity index (χ0n) is 12.7. The highest BCUT2D eigenvalue weighted by Gasteiger charge is 2.34. The Morgan fingerprint density at radius 3 is 2.37 bits per heavy atom. The SMILES string of the molecule is CC(C)C(O)C(C)(C)CNC(=O)NCC1(C)COC1. The molecule has 5 nitrogen and oxygen atoms in total. The Hall–Kier alpha value is -0.810. The van der Waals surface area contributed by atoms with E-state index in [1.165, 1.54) is 0 Å². The van der Waals surface area contributed by atoms with Crippen molar-refractivity contribution in [3.8, 4) is 0 Å². The molecular weight excluding hydrogens is 244 g/mol. The second kappa shape index (κ2) is 6.09. The smallest absolute Gasteiger partial charge is 0.314 e. The van der Waals surface area contributed by atoms with E-state index in [-0.39, 0.29) is 22.8 Å². The molecule has 0 aromatic rings. The molecule has 0 saturated carbocycles. The van der Waals surface area contributed by atoms with Gasteiger partial charge in [0.1, 0.15) is 0 Å². The van der Waals surface area contributed by atoms with Gasteiger partial charge < -0.3 is 20.5 Å². The van der Waals surface area contributed by atoms with Crippen molar-refractivity contribution in [2.45, 2.75) is 40.7 Å². The number of hydrogen-bond donors (Lipinski definition) is 3. The number of aliphatic hydroxyl groups is 1. The number of amides is 2. The van der Waals surface area contributed by atoms with E-state index in [9.17, 15) is 9.90 Å². The lowest BCUT2D eigenvalue weighted by Crippen LogP contribution is -2.52. The van der Waals surface area contributed by atoms with Crippen molar-refractivity contribution >= 4 is 6.03 Å². The monoisotopic (exact) mass is 272 g/mol. The molecule has 0 aliphatic carbocycles. The van der Waals surface area contributed by atoms with Gasteiger partial charge in [0.05, 0.1) is 19.3 Å².